The summed E-state index contributed by atoms with van der Waals surface area (Å²) in [5, 5.41) is 7.14. The minimum atomic E-state index is -0.765. The predicted molar refractivity (Wildman–Crippen MR) is 105 cm³/mol. The van der Waals surface area contributed by atoms with Gasteiger partial charge >= 0.3 is 0 Å². The van der Waals surface area contributed by atoms with Gasteiger partial charge < -0.3 is 0 Å². The van der Waals surface area contributed by atoms with Gasteiger partial charge in [0.25, 0.3) is 5.91 Å². The van der Waals surface area contributed by atoms with Crippen molar-refractivity contribution in [3.63, 3.8) is 0 Å². The highest BCUT2D eigenvalue weighted by Gasteiger charge is 2.24. The molecular weight excluding hydrogens is 388 g/mol. The summed E-state index contributed by atoms with van der Waals surface area (Å²) >= 11 is 2.79. The third-order valence-electron chi connectivity index (χ3n) is 4.25. The summed E-state index contributed by atoms with van der Waals surface area (Å²) in [5.41, 5.74) is 0.891. The number of hydrogen-bond acceptors (Lipinski definition) is 4. The lowest BCUT2D eigenvalue weighted by molar-refractivity contribution is 0.0988. The molecule has 1 aromatic carbocycles. The van der Waals surface area contributed by atoms with E-state index >= 15 is 0 Å². The zero-order valence-electron chi connectivity index (χ0n) is 14.6. The van der Waals surface area contributed by atoms with Gasteiger partial charge in [0.15, 0.2) is 0 Å². The first-order valence-electron chi connectivity index (χ1n) is 8.16. The van der Waals surface area contributed by atoms with Crippen LogP contribution < -0.4 is 4.90 Å². The number of aromatic nitrogens is 2. The summed E-state index contributed by atoms with van der Waals surface area (Å²) in [6.07, 6.45) is 0. The van der Waals surface area contributed by atoms with Crippen molar-refractivity contribution in [1.82, 2.24) is 9.78 Å². The van der Waals surface area contributed by atoms with Gasteiger partial charge in [-0.25, -0.2) is 8.78 Å². The van der Waals surface area contributed by atoms with Gasteiger partial charge in [0, 0.05) is 23.4 Å². The number of carbonyl (C=O) groups excluding carboxylic acids is 1. The number of halogens is 2. The molecule has 0 aliphatic carbocycles. The Morgan fingerprint density at radius 1 is 1.26 bits per heavy atom. The normalized spacial score (nSPS) is 11.3. The number of amides is 1. The fourth-order valence-corrected chi connectivity index (χ4v) is 4.73. The van der Waals surface area contributed by atoms with Crippen LogP contribution in [0.4, 0.5) is 14.5 Å². The topological polar surface area (TPSA) is 38.1 Å². The lowest BCUT2D eigenvalue weighted by atomic mass is 10.2. The first-order chi connectivity index (χ1) is 12.9. The highest BCUT2D eigenvalue weighted by atomic mass is 32.1. The highest BCUT2D eigenvalue weighted by Crippen LogP contribution is 2.31. The molecule has 0 N–H and O–H groups in total. The predicted octanol–water partition coefficient (Wildman–Crippen LogP) is 5.13. The van der Waals surface area contributed by atoms with E-state index in [1.165, 1.54) is 33.6 Å². The molecule has 1 amide bonds. The standard InChI is InChI=1S/C19H15F2N3OS2/c1-11-14-9-17(27-19(14)23(2)22-11)18(25)24(10-13-4-3-7-26-13)16-6-5-12(20)8-15(16)21/h3-9H,10H2,1-2H3. The quantitative estimate of drug-likeness (QED) is 0.474. The van der Waals surface area contributed by atoms with Crippen LogP contribution in [0, 0.1) is 18.6 Å². The van der Waals surface area contributed by atoms with Gasteiger partial charge in [-0.3, -0.25) is 14.4 Å². The Bertz CT molecular complexity index is 1100. The van der Waals surface area contributed by atoms with E-state index in [1.807, 2.05) is 31.5 Å². The van der Waals surface area contributed by atoms with Crippen molar-refractivity contribution < 1.29 is 13.6 Å². The van der Waals surface area contributed by atoms with Crippen molar-refractivity contribution in [3.8, 4) is 0 Å². The van der Waals surface area contributed by atoms with Crippen LogP contribution in [0.3, 0.4) is 0 Å². The summed E-state index contributed by atoms with van der Waals surface area (Å²) in [5.74, 6) is -1.77. The summed E-state index contributed by atoms with van der Waals surface area (Å²) in [7, 11) is 1.82. The van der Waals surface area contributed by atoms with Crippen LogP contribution in [0.25, 0.3) is 10.2 Å². The Labute approximate surface area is 162 Å². The molecule has 3 heterocycles. The molecule has 4 nitrogen and oxygen atoms in total. The smallest absolute Gasteiger partial charge is 0.268 e. The lowest BCUT2D eigenvalue weighted by Crippen LogP contribution is -2.30. The molecule has 0 spiro atoms. The molecule has 0 aliphatic rings. The van der Waals surface area contributed by atoms with Crippen LogP contribution in [0.1, 0.15) is 20.2 Å². The molecule has 0 saturated carbocycles. The summed E-state index contributed by atoms with van der Waals surface area (Å²) in [6.45, 7) is 2.09. The van der Waals surface area contributed by atoms with Gasteiger partial charge in [-0.05, 0) is 36.6 Å². The Balaban J connectivity index is 1.78. The number of rotatable bonds is 4. The third-order valence-corrected chi connectivity index (χ3v) is 6.30. The molecule has 0 aliphatic heterocycles. The Morgan fingerprint density at radius 3 is 2.74 bits per heavy atom. The van der Waals surface area contributed by atoms with E-state index in [4.69, 9.17) is 0 Å². The van der Waals surface area contributed by atoms with Crippen molar-refractivity contribution in [3.05, 3.63) is 68.9 Å². The van der Waals surface area contributed by atoms with Crippen molar-refractivity contribution in [2.75, 3.05) is 4.90 Å². The number of anilines is 1. The van der Waals surface area contributed by atoms with Gasteiger partial charge in [-0.1, -0.05) is 6.07 Å². The number of hydrogen-bond donors (Lipinski definition) is 0. The maximum absolute atomic E-state index is 14.4. The summed E-state index contributed by atoms with van der Waals surface area (Å²) in [4.78, 5) is 16.9. The van der Waals surface area contributed by atoms with Crippen LogP contribution in [0.15, 0.2) is 41.8 Å². The van der Waals surface area contributed by atoms with Gasteiger partial charge in [0.05, 0.1) is 22.8 Å². The highest BCUT2D eigenvalue weighted by molar-refractivity contribution is 7.20. The lowest BCUT2D eigenvalue weighted by Gasteiger charge is -2.22. The minimum Gasteiger partial charge on any atom is -0.300 e. The summed E-state index contributed by atoms with van der Waals surface area (Å²) in [6, 6.07) is 8.79. The monoisotopic (exact) mass is 403 g/mol. The van der Waals surface area contributed by atoms with Crippen LogP contribution >= 0.6 is 22.7 Å². The maximum atomic E-state index is 14.4. The molecule has 4 rings (SSSR count). The Kier molecular flexibility index (Phi) is 4.53. The van der Waals surface area contributed by atoms with E-state index in [9.17, 15) is 13.6 Å². The van der Waals surface area contributed by atoms with E-state index in [1.54, 1.807) is 10.7 Å². The van der Waals surface area contributed by atoms with E-state index in [0.29, 0.717) is 4.88 Å². The van der Waals surface area contributed by atoms with Gasteiger partial charge in [-0.2, -0.15) is 5.10 Å². The maximum Gasteiger partial charge on any atom is 0.268 e. The first kappa shape index (κ1) is 17.8. The zero-order chi connectivity index (χ0) is 19.1. The van der Waals surface area contributed by atoms with Crippen LogP contribution in [-0.4, -0.2) is 15.7 Å². The van der Waals surface area contributed by atoms with Crippen LogP contribution in [-0.2, 0) is 13.6 Å². The van der Waals surface area contributed by atoms with E-state index < -0.39 is 11.6 Å². The number of benzene rings is 1. The second kappa shape index (κ2) is 6.86. The van der Waals surface area contributed by atoms with E-state index in [2.05, 4.69) is 5.10 Å². The van der Waals surface area contributed by atoms with E-state index in [0.717, 1.165) is 32.9 Å². The third kappa shape index (κ3) is 3.26. The van der Waals surface area contributed by atoms with E-state index in [-0.39, 0.29) is 18.1 Å². The van der Waals surface area contributed by atoms with Crippen molar-refractivity contribution in [1.29, 1.82) is 0 Å². The second-order valence-corrected chi connectivity index (χ2v) is 8.17. The number of fused-ring (bicyclic) bond motifs is 1. The van der Waals surface area contributed by atoms with Crippen molar-refractivity contribution in [2.24, 2.45) is 7.05 Å². The average Bonchev–Trinajstić information content (AvgIpc) is 3.33. The number of aryl methyl sites for hydroxylation is 2. The second-order valence-electron chi connectivity index (χ2n) is 6.10. The number of thiophene rings is 2. The molecule has 0 radical (unpaired) electrons. The van der Waals surface area contributed by atoms with Gasteiger partial charge in [-0.15, -0.1) is 22.7 Å². The molecule has 0 bridgehead atoms. The number of nitrogens with zero attached hydrogens (tertiary/aromatic N) is 3. The molecule has 3 aromatic heterocycles. The fourth-order valence-electron chi connectivity index (χ4n) is 2.97. The molecule has 0 unspecified atom stereocenters. The Hall–Kier alpha value is -2.58. The molecule has 138 valence electrons. The molecule has 0 saturated heterocycles. The SMILES string of the molecule is Cc1nn(C)c2sc(C(=O)N(Cc3cccs3)c3ccc(F)cc3F)cc12. The number of carbonyl (C=O) groups is 1. The molecular formula is C19H15F2N3OS2. The van der Waals surface area contributed by atoms with Crippen molar-refractivity contribution in [2.45, 2.75) is 13.5 Å². The molecule has 27 heavy (non-hydrogen) atoms. The molecule has 4 aromatic rings. The average molecular weight is 403 g/mol. The fraction of sp³-hybridized carbons (Fsp3) is 0.158. The van der Waals surface area contributed by atoms with Gasteiger partial charge in [0.2, 0.25) is 0 Å². The Morgan fingerprint density at radius 2 is 2.07 bits per heavy atom. The van der Waals surface area contributed by atoms with Crippen LogP contribution in [0.5, 0.6) is 0 Å². The minimum absolute atomic E-state index is 0.0575. The largest absolute Gasteiger partial charge is 0.300 e. The molecule has 8 heteroatoms. The molecule has 0 atom stereocenters. The van der Waals surface area contributed by atoms with Gasteiger partial charge in [0.1, 0.15) is 16.5 Å². The van der Waals surface area contributed by atoms with Crippen LogP contribution in [0.2, 0.25) is 0 Å². The first-order valence-corrected chi connectivity index (χ1v) is 9.86. The zero-order valence-corrected chi connectivity index (χ0v) is 16.2. The summed E-state index contributed by atoms with van der Waals surface area (Å²) < 4.78 is 29.5. The van der Waals surface area contributed by atoms with Crippen molar-refractivity contribution >= 4 is 44.5 Å². The molecule has 0 fully saturated rings.